The van der Waals surface area contributed by atoms with Crippen LogP contribution in [-0.2, 0) is 9.47 Å². The van der Waals surface area contributed by atoms with Gasteiger partial charge in [-0.3, -0.25) is 0 Å². The van der Waals surface area contributed by atoms with Crippen LogP contribution in [0.4, 0.5) is 5.82 Å². The molecule has 0 aliphatic heterocycles. The van der Waals surface area contributed by atoms with Gasteiger partial charge in [-0.15, -0.1) is 0 Å². The van der Waals surface area contributed by atoms with Gasteiger partial charge in [0.1, 0.15) is 5.82 Å². The third-order valence-corrected chi connectivity index (χ3v) is 3.91. The molecule has 0 saturated heterocycles. The van der Waals surface area contributed by atoms with Crippen LogP contribution in [0.5, 0.6) is 0 Å². The SMILES string of the molecule is CCOC1CC(Nc2cnc(C(=O)OC)cn2)C1(C)C. The van der Waals surface area contributed by atoms with Crippen LogP contribution >= 0.6 is 0 Å². The minimum atomic E-state index is -0.482. The van der Waals surface area contributed by atoms with Gasteiger partial charge < -0.3 is 14.8 Å². The van der Waals surface area contributed by atoms with Crippen LogP contribution in [0.15, 0.2) is 12.4 Å². The quantitative estimate of drug-likeness (QED) is 0.830. The Morgan fingerprint density at radius 2 is 2.20 bits per heavy atom. The normalized spacial score (nSPS) is 23.8. The highest BCUT2D eigenvalue weighted by molar-refractivity contribution is 5.86. The molecule has 0 radical (unpaired) electrons. The summed E-state index contributed by atoms with van der Waals surface area (Å²) >= 11 is 0. The molecule has 1 aromatic rings. The monoisotopic (exact) mass is 279 g/mol. The molecule has 6 heteroatoms. The number of hydrogen-bond acceptors (Lipinski definition) is 6. The smallest absolute Gasteiger partial charge is 0.358 e. The predicted octanol–water partition coefficient (Wildman–Crippen LogP) is 1.88. The van der Waals surface area contributed by atoms with Crippen molar-refractivity contribution in [2.24, 2.45) is 5.41 Å². The van der Waals surface area contributed by atoms with Crippen LogP contribution < -0.4 is 5.32 Å². The number of aromatic nitrogens is 2. The Kier molecular flexibility index (Phi) is 4.23. The summed E-state index contributed by atoms with van der Waals surface area (Å²) in [6, 6.07) is 0.289. The van der Waals surface area contributed by atoms with Gasteiger partial charge in [0.15, 0.2) is 5.69 Å². The van der Waals surface area contributed by atoms with Gasteiger partial charge in [0.05, 0.1) is 25.6 Å². The largest absolute Gasteiger partial charge is 0.464 e. The summed E-state index contributed by atoms with van der Waals surface area (Å²) in [5, 5.41) is 3.34. The Hall–Kier alpha value is -1.69. The first kappa shape index (κ1) is 14.7. The number of ether oxygens (including phenoxy) is 2. The van der Waals surface area contributed by atoms with E-state index >= 15 is 0 Å². The molecular weight excluding hydrogens is 258 g/mol. The second-order valence-electron chi connectivity index (χ2n) is 5.48. The van der Waals surface area contributed by atoms with Crippen LogP contribution in [0, 0.1) is 5.41 Å². The highest BCUT2D eigenvalue weighted by Gasteiger charge is 2.49. The lowest BCUT2D eigenvalue weighted by Crippen LogP contribution is -2.58. The molecule has 1 aliphatic carbocycles. The van der Waals surface area contributed by atoms with Crippen molar-refractivity contribution in [1.82, 2.24) is 9.97 Å². The topological polar surface area (TPSA) is 73.3 Å². The second kappa shape index (κ2) is 5.75. The number of anilines is 1. The van der Waals surface area contributed by atoms with Gasteiger partial charge >= 0.3 is 5.97 Å². The fourth-order valence-corrected chi connectivity index (χ4v) is 2.41. The van der Waals surface area contributed by atoms with Crippen LogP contribution in [0.25, 0.3) is 0 Å². The van der Waals surface area contributed by atoms with E-state index in [0.29, 0.717) is 5.82 Å². The molecule has 1 aromatic heterocycles. The van der Waals surface area contributed by atoms with Crippen molar-refractivity contribution >= 4 is 11.8 Å². The number of hydrogen-bond donors (Lipinski definition) is 1. The van der Waals surface area contributed by atoms with Gasteiger partial charge in [0.2, 0.25) is 0 Å². The molecule has 1 saturated carbocycles. The Balaban J connectivity index is 1.96. The molecule has 0 amide bonds. The number of esters is 1. The second-order valence-corrected chi connectivity index (χ2v) is 5.48. The lowest BCUT2D eigenvalue weighted by molar-refractivity contribution is -0.0976. The van der Waals surface area contributed by atoms with Crippen LogP contribution in [0.2, 0.25) is 0 Å². The van der Waals surface area contributed by atoms with Crippen LogP contribution in [0.3, 0.4) is 0 Å². The summed E-state index contributed by atoms with van der Waals surface area (Å²) in [6.07, 6.45) is 4.18. The molecular formula is C14H21N3O3. The van der Waals surface area contributed by atoms with E-state index in [4.69, 9.17) is 4.74 Å². The lowest BCUT2D eigenvalue weighted by Gasteiger charge is -2.51. The van der Waals surface area contributed by atoms with Gasteiger partial charge in [-0.1, -0.05) is 13.8 Å². The van der Waals surface area contributed by atoms with Crippen molar-refractivity contribution in [3.63, 3.8) is 0 Å². The van der Waals surface area contributed by atoms with E-state index in [9.17, 15) is 4.79 Å². The summed E-state index contributed by atoms with van der Waals surface area (Å²) in [7, 11) is 1.32. The van der Waals surface area contributed by atoms with Crippen molar-refractivity contribution in [2.75, 3.05) is 19.0 Å². The number of nitrogens with one attached hydrogen (secondary N) is 1. The fourth-order valence-electron chi connectivity index (χ4n) is 2.41. The molecule has 1 heterocycles. The Bertz CT molecular complexity index is 473. The molecule has 1 N–H and O–H groups in total. The Labute approximate surface area is 118 Å². The first-order valence-corrected chi connectivity index (χ1v) is 6.77. The molecule has 110 valence electrons. The van der Waals surface area contributed by atoms with Crippen molar-refractivity contribution in [2.45, 2.75) is 39.3 Å². The number of carbonyl (C=O) groups excluding carboxylic acids is 1. The highest BCUT2D eigenvalue weighted by atomic mass is 16.5. The van der Waals surface area contributed by atoms with E-state index in [-0.39, 0.29) is 23.3 Å². The molecule has 2 atom stereocenters. The summed E-state index contributed by atoms with van der Waals surface area (Å²) < 4.78 is 10.3. The zero-order valence-electron chi connectivity index (χ0n) is 12.3. The molecule has 2 unspecified atom stereocenters. The van der Waals surface area contributed by atoms with Gasteiger partial charge in [-0.2, -0.15) is 0 Å². The first-order valence-electron chi connectivity index (χ1n) is 6.77. The molecule has 0 aromatic carbocycles. The standard InChI is InChI=1S/C14H21N3O3/c1-5-20-11-6-10(14(11,2)3)17-12-8-15-9(7-16-12)13(18)19-4/h7-8,10-11H,5-6H2,1-4H3,(H,16,17). The zero-order valence-corrected chi connectivity index (χ0v) is 12.3. The maximum Gasteiger partial charge on any atom is 0.358 e. The van der Waals surface area contributed by atoms with E-state index < -0.39 is 5.97 Å². The molecule has 6 nitrogen and oxygen atoms in total. The molecule has 0 bridgehead atoms. The van der Waals surface area contributed by atoms with Crippen LogP contribution in [0.1, 0.15) is 37.7 Å². The number of carbonyl (C=O) groups is 1. The molecule has 1 fully saturated rings. The number of nitrogens with zero attached hydrogens (tertiary/aromatic N) is 2. The van der Waals surface area contributed by atoms with Crippen molar-refractivity contribution in [3.8, 4) is 0 Å². The summed E-state index contributed by atoms with van der Waals surface area (Å²) in [4.78, 5) is 19.5. The van der Waals surface area contributed by atoms with E-state index in [1.807, 2.05) is 6.92 Å². The number of rotatable bonds is 5. The van der Waals surface area contributed by atoms with Gasteiger partial charge in [-0.05, 0) is 13.3 Å². The third kappa shape index (κ3) is 2.75. The average Bonchev–Trinajstić information content (AvgIpc) is 2.46. The molecule has 20 heavy (non-hydrogen) atoms. The fraction of sp³-hybridized carbons (Fsp3) is 0.643. The first-order chi connectivity index (χ1) is 9.48. The predicted molar refractivity (Wildman–Crippen MR) is 74.6 cm³/mol. The summed E-state index contributed by atoms with van der Waals surface area (Å²) in [5.41, 5.74) is 0.261. The maximum absolute atomic E-state index is 11.3. The summed E-state index contributed by atoms with van der Waals surface area (Å²) in [6.45, 7) is 7.08. The van der Waals surface area contributed by atoms with Gasteiger partial charge in [0, 0.05) is 18.1 Å². The van der Waals surface area contributed by atoms with Gasteiger partial charge in [0.25, 0.3) is 0 Å². The molecule has 1 aliphatic rings. The van der Waals surface area contributed by atoms with Gasteiger partial charge in [-0.25, -0.2) is 14.8 Å². The lowest BCUT2D eigenvalue weighted by atomic mass is 9.64. The molecule has 2 rings (SSSR count). The third-order valence-electron chi connectivity index (χ3n) is 3.91. The van der Waals surface area contributed by atoms with E-state index in [1.165, 1.54) is 13.3 Å². The van der Waals surface area contributed by atoms with E-state index in [1.54, 1.807) is 6.20 Å². The minimum Gasteiger partial charge on any atom is -0.464 e. The molecule has 0 spiro atoms. The van der Waals surface area contributed by atoms with Crippen molar-refractivity contribution < 1.29 is 14.3 Å². The maximum atomic E-state index is 11.3. The Morgan fingerprint density at radius 3 is 2.70 bits per heavy atom. The zero-order chi connectivity index (χ0) is 14.8. The Morgan fingerprint density at radius 1 is 1.45 bits per heavy atom. The van der Waals surface area contributed by atoms with E-state index in [0.717, 1.165) is 13.0 Å². The minimum absolute atomic E-state index is 0.0543. The van der Waals surface area contributed by atoms with E-state index in [2.05, 4.69) is 33.9 Å². The number of methoxy groups -OCH3 is 1. The average molecular weight is 279 g/mol. The summed E-state index contributed by atoms with van der Waals surface area (Å²) in [5.74, 6) is 0.176. The van der Waals surface area contributed by atoms with Crippen molar-refractivity contribution in [1.29, 1.82) is 0 Å². The van der Waals surface area contributed by atoms with Crippen LogP contribution in [-0.4, -0.2) is 41.8 Å². The highest BCUT2D eigenvalue weighted by Crippen LogP contribution is 2.44. The van der Waals surface area contributed by atoms with Crippen molar-refractivity contribution in [3.05, 3.63) is 18.1 Å².